The van der Waals surface area contributed by atoms with Crippen molar-refractivity contribution < 1.29 is 28.5 Å². The predicted octanol–water partition coefficient (Wildman–Crippen LogP) is 1.12. The Balaban J connectivity index is 1.28. The molecule has 2 unspecified atom stereocenters. The maximum atomic E-state index is 11.3. The minimum absolute atomic E-state index is 0.136. The maximum absolute atomic E-state index is 11.3. The molecule has 2 atom stereocenters. The summed E-state index contributed by atoms with van der Waals surface area (Å²) in [5.74, 6) is 3.17. The van der Waals surface area contributed by atoms with Crippen molar-refractivity contribution in [3.63, 3.8) is 0 Å². The number of carbonyl (C=O) groups is 2. The number of ether oxygens (including phenoxy) is 4. The van der Waals surface area contributed by atoms with Crippen LogP contribution in [-0.4, -0.2) is 73.6 Å². The van der Waals surface area contributed by atoms with Gasteiger partial charge in [-0.05, 0) is 0 Å². The Morgan fingerprint density at radius 3 is 1.59 bits per heavy atom. The van der Waals surface area contributed by atoms with Gasteiger partial charge in [-0.3, -0.25) is 9.59 Å². The average molecular weight is 350 g/mol. The third-order valence-corrected chi connectivity index (χ3v) is 5.17. The molecule has 0 aliphatic carbocycles. The van der Waals surface area contributed by atoms with Crippen LogP contribution in [0, 0.1) is 0 Å². The van der Waals surface area contributed by atoms with E-state index in [9.17, 15) is 9.59 Å². The van der Waals surface area contributed by atoms with E-state index in [-0.39, 0.29) is 24.1 Å². The van der Waals surface area contributed by atoms with Crippen LogP contribution in [0.25, 0.3) is 0 Å². The first kappa shape index (κ1) is 17.9. The summed E-state index contributed by atoms with van der Waals surface area (Å²) in [6, 6.07) is 0. The summed E-state index contributed by atoms with van der Waals surface area (Å²) < 4.78 is 20.0. The van der Waals surface area contributed by atoms with Crippen molar-refractivity contribution in [2.45, 2.75) is 25.0 Å². The van der Waals surface area contributed by atoms with E-state index in [1.807, 2.05) is 0 Å². The van der Waals surface area contributed by atoms with E-state index >= 15 is 0 Å². The van der Waals surface area contributed by atoms with Gasteiger partial charge in [0.25, 0.3) is 0 Å². The van der Waals surface area contributed by atoms with Gasteiger partial charge in [0.2, 0.25) is 0 Å². The van der Waals surface area contributed by atoms with Gasteiger partial charge in [-0.2, -0.15) is 23.5 Å². The molecule has 0 aromatic carbocycles. The van der Waals surface area contributed by atoms with Crippen LogP contribution in [0.4, 0.5) is 0 Å². The van der Waals surface area contributed by atoms with Gasteiger partial charge < -0.3 is 18.9 Å². The van der Waals surface area contributed by atoms with Gasteiger partial charge in [-0.25, -0.2) is 0 Å². The molecule has 2 heterocycles. The second kappa shape index (κ2) is 10.4. The van der Waals surface area contributed by atoms with Crippen molar-refractivity contribution in [1.82, 2.24) is 0 Å². The van der Waals surface area contributed by atoms with Crippen LogP contribution in [0.2, 0.25) is 0 Å². The fraction of sp³-hybridized carbons (Fsp3) is 0.857. The Labute approximate surface area is 138 Å². The number of hydrogen-bond acceptors (Lipinski definition) is 8. The largest absolute Gasteiger partial charge is 0.463 e. The normalized spacial score (nSPS) is 22.2. The molecule has 22 heavy (non-hydrogen) atoms. The van der Waals surface area contributed by atoms with Crippen molar-refractivity contribution in [2.75, 3.05) is 49.4 Å². The van der Waals surface area contributed by atoms with E-state index in [2.05, 4.69) is 0 Å². The van der Waals surface area contributed by atoms with Crippen LogP contribution >= 0.6 is 23.5 Å². The minimum atomic E-state index is -0.155. The van der Waals surface area contributed by atoms with Crippen LogP contribution in [0.5, 0.6) is 0 Å². The lowest BCUT2D eigenvalue weighted by molar-refractivity contribution is -0.144. The highest BCUT2D eigenvalue weighted by Crippen LogP contribution is 2.12. The summed E-state index contributed by atoms with van der Waals surface area (Å²) in [5.41, 5.74) is 0. The Morgan fingerprint density at radius 1 is 0.818 bits per heavy atom. The molecule has 0 saturated carbocycles. The number of esters is 2. The SMILES string of the molecule is O=C(CCSCCSCCC(=O)OCC1CO1)OCC1CO1. The molecule has 8 heteroatoms. The monoisotopic (exact) mass is 350 g/mol. The van der Waals surface area contributed by atoms with Gasteiger partial charge in [0, 0.05) is 23.0 Å². The lowest BCUT2D eigenvalue weighted by Crippen LogP contribution is -2.10. The van der Waals surface area contributed by atoms with E-state index in [1.165, 1.54) is 0 Å². The second-order valence-electron chi connectivity index (χ2n) is 5.00. The summed E-state index contributed by atoms with van der Waals surface area (Å²) in [5, 5.41) is 0. The third-order valence-electron chi connectivity index (χ3n) is 2.94. The van der Waals surface area contributed by atoms with Crippen LogP contribution in [0.15, 0.2) is 0 Å². The highest BCUT2D eigenvalue weighted by atomic mass is 32.2. The molecule has 2 fully saturated rings. The Hall–Kier alpha value is -0.440. The minimum Gasteiger partial charge on any atom is -0.463 e. The average Bonchev–Trinajstić information content (AvgIpc) is 3.39. The Kier molecular flexibility index (Phi) is 8.43. The number of epoxide rings is 2. The van der Waals surface area contributed by atoms with Gasteiger partial charge in [-0.1, -0.05) is 0 Å². The molecule has 2 aliphatic rings. The first-order valence-electron chi connectivity index (χ1n) is 7.44. The fourth-order valence-corrected chi connectivity index (χ4v) is 3.45. The van der Waals surface area contributed by atoms with Crippen molar-refractivity contribution in [1.29, 1.82) is 0 Å². The van der Waals surface area contributed by atoms with Gasteiger partial charge in [0.05, 0.1) is 26.1 Å². The van der Waals surface area contributed by atoms with Gasteiger partial charge in [0.15, 0.2) is 0 Å². The number of hydrogen-bond donors (Lipinski definition) is 0. The molecule has 0 N–H and O–H groups in total. The standard InChI is InChI=1S/C14H22O6S2/c15-13(19-9-11-7-17-11)1-3-21-5-6-22-4-2-14(16)20-10-12-8-18-12/h11-12H,1-10H2. The van der Waals surface area contributed by atoms with Crippen molar-refractivity contribution >= 4 is 35.5 Å². The van der Waals surface area contributed by atoms with E-state index < -0.39 is 0 Å². The van der Waals surface area contributed by atoms with E-state index in [1.54, 1.807) is 23.5 Å². The molecule has 2 saturated heterocycles. The summed E-state index contributed by atoms with van der Waals surface area (Å²) in [4.78, 5) is 22.7. The van der Waals surface area contributed by atoms with Crippen LogP contribution in [-0.2, 0) is 28.5 Å². The molecule has 2 rings (SSSR count). The summed E-state index contributed by atoms with van der Waals surface area (Å²) in [7, 11) is 0. The van der Waals surface area contributed by atoms with Crippen LogP contribution in [0.3, 0.4) is 0 Å². The molecular weight excluding hydrogens is 328 g/mol. The first-order valence-corrected chi connectivity index (χ1v) is 9.75. The van der Waals surface area contributed by atoms with Crippen molar-refractivity contribution in [3.8, 4) is 0 Å². The smallest absolute Gasteiger partial charge is 0.306 e. The van der Waals surface area contributed by atoms with Crippen molar-refractivity contribution in [2.24, 2.45) is 0 Å². The fourth-order valence-electron chi connectivity index (χ4n) is 1.48. The van der Waals surface area contributed by atoms with Crippen LogP contribution in [0.1, 0.15) is 12.8 Å². The molecule has 0 radical (unpaired) electrons. The molecular formula is C14H22O6S2. The zero-order valence-electron chi connectivity index (χ0n) is 12.5. The number of carbonyl (C=O) groups excluding carboxylic acids is 2. The molecule has 0 bridgehead atoms. The number of thioether (sulfide) groups is 2. The topological polar surface area (TPSA) is 77.7 Å². The highest BCUT2D eigenvalue weighted by molar-refractivity contribution is 8.02. The second-order valence-corrected chi connectivity index (χ2v) is 7.45. The summed E-state index contributed by atoms with van der Waals surface area (Å²) >= 11 is 3.45. The first-order chi connectivity index (χ1) is 10.7. The van der Waals surface area contributed by atoms with Gasteiger partial charge >= 0.3 is 11.9 Å². The van der Waals surface area contributed by atoms with Crippen molar-refractivity contribution in [3.05, 3.63) is 0 Å². The molecule has 0 amide bonds. The molecule has 0 aromatic rings. The summed E-state index contributed by atoms with van der Waals surface area (Å²) in [6.45, 7) is 2.20. The molecule has 0 spiro atoms. The van der Waals surface area contributed by atoms with E-state index in [0.717, 1.165) is 23.0 Å². The van der Waals surface area contributed by atoms with Gasteiger partial charge in [-0.15, -0.1) is 0 Å². The lowest BCUT2D eigenvalue weighted by atomic mass is 10.5. The maximum Gasteiger partial charge on any atom is 0.306 e. The quantitative estimate of drug-likeness (QED) is 0.278. The zero-order valence-corrected chi connectivity index (χ0v) is 14.1. The highest BCUT2D eigenvalue weighted by Gasteiger charge is 2.24. The molecule has 2 aliphatic heterocycles. The third kappa shape index (κ3) is 9.55. The van der Waals surface area contributed by atoms with Gasteiger partial charge in [0.1, 0.15) is 25.4 Å². The Bertz CT molecular complexity index is 323. The van der Waals surface area contributed by atoms with E-state index in [4.69, 9.17) is 18.9 Å². The molecule has 126 valence electrons. The molecule has 0 aromatic heterocycles. The summed E-state index contributed by atoms with van der Waals surface area (Å²) in [6.07, 6.45) is 1.16. The number of rotatable bonds is 13. The predicted molar refractivity (Wildman–Crippen MR) is 85.3 cm³/mol. The Morgan fingerprint density at radius 2 is 1.23 bits per heavy atom. The van der Waals surface area contributed by atoms with Crippen LogP contribution < -0.4 is 0 Å². The molecule has 6 nitrogen and oxygen atoms in total. The lowest BCUT2D eigenvalue weighted by Gasteiger charge is -2.04. The van der Waals surface area contributed by atoms with E-state index in [0.29, 0.717) is 39.3 Å². The zero-order chi connectivity index (χ0) is 15.6.